The number of carbonyl (C=O) groups excluding carboxylic acids is 1. The van der Waals surface area contributed by atoms with Gasteiger partial charge in [-0.2, -0.15) is 18.4 Å². The first-order valence-electron chi connectivity index (χ1n) is 6.75. The lowest BCUT2D eigenvalue weighted by Crippen LogP contribution is -2.44. The van der Waals surface area contributed by atoms with Crippen LogP contribution in [0.4, 0.5) is 13.2 Å². The Morgan fingerprint density at radius 2 is 2.14 bits per heavy atom. The summed E-state index contributed by atoms with van der Waals surface area (Å²) in [5, 5.41) is 9.01. The number of pyridine rings is 1. The van der Waals surface area contributed by atoms with Crippen molar-refractivity contribution < 1.29 is 22.7 Å². The Bertz CT molecular complexity index is 662. The molecule has 1 aromatic rings. The molecule has 0 bridgehead atoms. The van der Waals surface area contributed by atoms with Crippen LogP contribution in [0.2, 0.25) is 0 Å². The van der Waals surface area contributed by atoms with Gasteiger partial charge >= 0.3 is 6.18 Å². The second kappa shape index (κ2) is 4.87. The van der Waals surface area contributed by atoms with Crippen LogP contribution in [0, 0.1) is 16.7 Å². The fraction of sp³-hybridized carbons (Fsp3) is 0.500. The molecule has 1 fully saturated rings. The van der Waals surface area contributed by atoms with E-state index < -0.39 is 17.5 Å². The van der Waals surface area contributed by atoms with Crippen molar-refractivity contribution in [3.05, 3.63) is 23.5 Å². The number of halogens is 3. The predicted molar refractivity (Wildman–Crippen MR) is 67.6 cm³/mol. The molecule has 1 aliphatic carbocycles. The standard InChI is InChI=1S/C14H12F3N3O2/c15-14(16,17)13(1-2-13)12(21)20-3-4-22-11-9(5-18)6-19-7-10(11)8-20/h6-7H,1-4,8H2. The van der Waals surface area contributed by atoms with Crippen LogP contribution in [0.3, 0.4) is 0 Å². The Kier molecular flexibility index (Phi) is 3.24. The van der Waals surface area contributed by atoms with Crippen molar-refractivity contribution in [3.8, 4) is 11.8 Å². The number of alkyl halides is 3. The molecule has 3 rings (SSSR count). The molecule has 0 atom stereocenters. The number of hydrogen-bond donors (Lipinski definition) is 0. The number of hydrogen-bond acceptors (Lipinski definition) is 4. The van der Waals surface area contributed by atoms with Gasteiger partial charge in [-0.25, -0.2) is 0 Å². The summed E-state index contributed by atoms with van der Waals surface area (Å²) in [6.07, 6.45) is -2.14. The van der Waals surface area contributed by atoms with Gasteiger partial charge in [0.1, 0.15) is 29.4 Å². The molecule has 0 aromatic carbocycles. The second-order valence-electron chi connectivity index (χ2n) is 5.44. The summed E-state index contributed by atoms with van der Waals surface area (Å²) in [5.41, 5.74) is -1.58. The molecule has 0 N–H and O–H groups in total. The summed E-state index contributed by atoms with van der Waals surface area (Å²) in [4.78, 5) is 17.3. The van der Waals surface area contributed by atoms with Gasteiger partial charge in [0, 0.05) is 18.0 Å². The van der Waals surface area contributed by atoms with E-state index in [-0.39, 0.29) is 38.1 Å². The predicted octanol–water partition coefficient (Wildman–Crippen LogP) is 2.02. The third kappa shape index (κ3) is 2.17. The summed E-state index contributed by atoms with van der Waals surface area (Å²) < 4.78 is 44.7. The van der Waals surface area contributed by atoms with Gasteiger partial charge in [0.15, 0.2) is 0 Å². The Hall–Kier alpha value is -2.30. The van der Waals surface area contributed by atoms with E-state index in [4.69, 9.17) is 10.00 Å². The minimum atomic E-state index is -4.53. The van der Waals surface area contributed by atoms with Gasteiger partial charge in [-0.3, -0.25) is 9.78 Å². The lowest BCUT2D eigenvalue weighted by atomic mass is 10.0. The van der Waals surface area contributed by atoms with Crippen LogP contribution in [-0.4, -0.2) is 35.1 Å². The number of ether oxygens (including phenoxy) is 1. The number of amides is 1. The largest absolute Gasteiger partial charge is 0.490 e. The van der Waals surface area contributed by atoms with E-state index in [2.05, 4.69) is 4.98 Å². The minimum Gasteiger partial charge on any atom is -0.490 e. The van der Waals surface area contributed by atoms with Crippen LogP contribution in [0.1, 0.15) is 24.0 Å². The van der Waals surface area contributed by atoms with Crippen LogP contribution in [0.25, 0.3) is 0 Å². The molecular weight excluding hydrogens is 299 g/mol. The Balaban J connectivity index is 1.89. The molecule has 8 heteroatoms. The van der Waals surface area contributed by atoms with E-state index in [0.29, 0.717) is 11.3 Å². The number of nitriles is 1. The summed E-state index contributed by atoms with van der Waals surface area (Å²) in [7, 11) is 0. The second-order valence-corrected chi connectivity index (χ2v) is 5.44. The van der Waals surface area contributed by atoms with Gasteiger partial charge in [-0.05, 0) is 12.8 Å². The van der Waals surface area contributed by atoms with Crippen LogP contribution in [0.5, 0.6) is 5.75 Å². The van der Waals surface area contributed by atoms with Gasteiger partial charge in [0.25, 0.3) is 0 Å². The number of fused-ring (bicyclic) bond motifs is 1. The van der Waals surface area contributed by atoms with Gasteiger partial charge in [0.2, 0.25) is 5.91 Å². The normalized spacial score (nSPS) is 19.5. The van der Waals surface area contributed by atoms with E-state index in [1.807, 2.05) is 6.07 Å². The highest BCUT2D eigenvalue weighted by Crippen LogP contribution is 2.58. The van der Waals surface area contributed by atoms with Crippen molar-refractivity contribution in [2.45, 2.75) is 25.6 Å². The molecule has 2 aliphatic rings. The summed E-state index contributed by atoms with van der Waals surface area (Å²) >= 11 is 0. The molecule has 0 unspecified atom stereocenters. The Morgan fingerprint density at radius 3 is 2.73 bits per heavy atom. The average molecular weight is 311 g/mol. The molecular formula is C14H12F3N3O2. The zero-order valence-corrected chi connectivity index (χ0v) is 11.5. The first-order valence-corrected chi connectivity index (χ1v) is 6.75. The fourth-order valence-electron chi connectivity index (χ4n) is 2.62. The quantitative estimate of drug-likeness (QED) is 0.796. The van der Waals surface area contributed by atoms with E-state index in [1.165, 1.54) is 12.4 Å². The van der Waals surface area contributed by atoms with Crippen LogP contribution >= 0.6 is 0 Å². The maximum atomic E-state index is 13.1. The maximum Gasteiger partial charge on any atom is 0.403 e. The first-order chi connectivity index (χ1) is 10.4. The highest BCUT2D eigenvalue weighted by Gasteiger charge is 2.69. The van der Waals surface area contributed by atoms with Crippen molar-refractivity contribution in [2.75, 3.05) is 13.2 Å². The monoisotopic (exact) mass is 311 g/mol. The Morgan fingerprint density at radius 1 is 1.41 bits per heavy atom. The van der Waals surface area contributed by atoms with Crippen molar-refractivity contribution in [1.82, 2.24) is 9.88 Å². The molecule has 0 saturated heterocycles. The Labute approximate surface area is 124 Å². The van der Waals surface area contributed by atoms with Crippen LogP contribution in [-0.2, 0) is 11.3 Å². The molecule has 1 aromatic heterocycles. The molecule has 1 aliphatic heterocycles. The molecule has 2 heterocycles. The minimum absolute atomic E-state index is 0.0332. The molecule has 5 nitrogen and oxygen atoms in total. The van der Waals surface area contributed by atoms with Crippen LogP contribution in [0.15, 0.2) is 12.4 Å². The highest BCUT2D eigenvalue weighted by molar-refractivity contribution is 5.86. The molecule has 116 valence electrons. The molecule has 1 amide bonds. The third-order valence-corrected chi connectivity index (χ3v) is 4.05. The molecule has 0 spiro atoms. The van der Waals surface area contributed by atoms with Crippen molar-refractivity contribution in [2.24, 2.45) is 5.41 Å². The molecule has 22 heavy (non-hydrogen) atoms. The summed E-state index contributed by atoms with van der Waals surface area (Å²) in [6.45, 7) is 0.0656. The fourth-order valence-corrected chi connectivity index (χ4v) is 2.62. The lowest BCUT2D eigenvalue weighted by molar-refractivity contribution is -0.199. The number of carbonyl (C=O) groups is 1. The van der Waals surface area contributed by atoms with E-state index in [0.717, 1.165) is 4.90 Å². The van der Waals surface area contributed by atoms with E-state index >= 15 is 0 Å². The lowest BCUT2D eigenvalue weighted by Gasteiger charge is -2.27. The van der Waals surface area contributed by atoms with Gasteiger partial charge in [0.05, 0.1) is 13.1 Å². The summed E-state index contributed by atoms with van der Waals surface area (Å²) in [5.74, 6) is -0.622. The van der Waals surface area contributed by atoms with Crippen LogP contribution < -0.4 is 4.74 Å². The number of rotatable bonds is 1. The average Bonchev–Trinajstić information content (AvgIpc) is 3.28. The van der Waals surface area contributed by atoms with Gasteiger partial charge in [-0.1, -0.05) is 0 Å². The number of aromatic nitrogens is 1. The SMILES string of the molecule is N#Cc1cncc2c1OCCN(C(=O)C1(C(F)(F)F)CC1)C2. The van der Waals surface area contributed by atoms with Crippen molar-refractivity contribution in [3.63, 3.8) is 0 Å². The van der Waals surface area contributed by atoms with Crippen molar-refractivity contribution >= 4 is 5.91 Å². The number of nitrogens with zero attached hydrogens (tertiary/aromatic N) is 3. The maximum absolute atomic E-state index is 13.1. The summed E-state index contributed by atoms with van der Waals surface area (Å²) in [6, 6.07) is 1.92. The van der Waals surface area contributed by atoms with Gasteiger partial charge < -0.3 is 9.64 Å². The topological polar surface area (TPSA) is 66.2 Å². The highest BCUT2D eigenvalue weighted by atomic mass is 19.4. The van der Waals surface area contributed by atoms with Crippen molar-refractivity contribution in [1.29, 1.82) is 5.26 Å². The van der Waals surface area contributed by atoms with E-state index in [1.54, 1.807) is 0 Å². The third-order valence-electron chi connectivity index (χ3n) is 4.05. The zero-order valence-electron chi connectivity index (χ0n) is 11.5. The van der Waals surface area contributed by atoms with E-state index in [9.17, 15) is 18.0 Å². The smallest absolute Gasteiger partial charge is 0.403 e. The first kappa shape index (κ1) is 14.6. The van der Waals surface area contributed by atoms with Gasteiger partial charge in [-0.15, -0.1) is 0 Å². The molecule has 0 radical (unpaired) electrons. The molecule has 1 saturated carbocycles. The zero-order chi connectivity index (χ0) is 16.0.